The van der Waals surface area contributed by atoms with Crippen molar-refractivity contribution >= 4 is 11.8 Å². The Labute approximate surface area is 126 Å². The molecule has 1 fully saturated rings. The first-order chi connectivity index (χ1) is 10.1. The van der Waals surface area contributed by atoms with E-state index in [1.165, 1.54) is 0 Å². The van der Waals surface area contributed by atoms with E-state index in [0.29, 0.717) is 6.42 Å². The highest BCUT2D eigenvalue weighted by atomic mass is 16.2. The second kappa shape index (κ2) is 7.25. The molecule has 1 aliphatic rings. The minimum atomic E-state index is -0.0906. The van der Waals surface area contributed by atoms with Crippen LogP contribution in [0.4, 0.5) is 0 Å². The predicted octanol–water partition coefficient (Wildman–Crippen LogP) is 2.04. The predicted molar refractivity (Wildman–Crippen MR) is 82.7 cm³/mol. The smallest absolute Gasteiger partial charge is 0.225 e. The molecule has 0 bridgehead atoms. The van der Waals surface area contributed by atoms with Gasteiger partial charge in [-0.1, -0.05) is 36.8 Å². The van der Waals surface area contributed by atoms with Crippen LogP contribution in [0.2, 0.25) is 0 Å². The zero-order chi connectivity index (χ0) is 15.2. The van der Waals surface area contributed by atoms with Gasteiger partial charge in [-0.3, -0.25) is 9.59 Å². The van der Waals surface area contributed by atoms with Crippen molar-refractivity contribution in [1.82, 2.24) is 10.6 Å². The molecule has 2 amide bonds. The Kier molecular flexibility index (Phi) is 5.37. The van der Waals surface area contributed by atoms with E-state index in [9.17, 15) is 9.59 Å². The highest BCUT2D eigenvalue weighted by molar-refractivity contribution is 5.83. The minimum absolute atomic E-state index is 0.00422. The highest BCUT2D eigenvalue weighted by Crippen LogP contribution is 2.26. The molecule has 1 aliphatic carbocycles. The number of nitrogens with one attached hydrogen (secondary N) is 2. The van der Waals surface area contributed by atoms with Gasteiger partial charge >= 0.3 is 0 Å². The maximum absolute atomic E-state index is 12.1. The van der Waals surface area contributed by atoms with Crippen LogP contribution in [0.15, 0.2) is 30.3 Å². The third kappa shape index (κ3) is 4.59. The van der Waals surface area contributed by atoms with Crippen molar-refractivity contribution < 1.29 is 9.59 Å². The van der Waals surface area contributed by atoms with E-state index in [0.717, 1.165) is 24.8 Å². The molecule has 2 atom stereocenters. The van der Waals surface area contributed by atoms with Crippen molar-refractivity contribution in [2.24, 2.45) is 5.92 Å². The molecule has 4 heteroatoms. The third-order valence-corrected chi connectivity index (χ3v) is 3.84. The van der Waals surface area contributed by atoms with Gasteiger partial charge in [0.2, 0.25) is 11.8 Å². The van der Waals surface area contributed by atoms with Crippen LogP contribution in [-0.2, 0) is 16.0 Å². The Hall–Kier alpha value is -1.84. The summed E-state index contributed by atoms with van der Waals surface area (Å²) in [5, 5.41) is 5.98. The molecule has 2 rings (SSSR count). The molecule has 1 aromatic carbocycles. The average molecular weight is 288 g/mol. The summed E-state index contributed by atoms with van der Waals surface area (Å²) in [5.41, 5.74) is 0.996. The zero-order valence-electron chi connectivity index (χ0n) is 12.8. The standard InChI is InChI=1S/C17H24N2O2/c1-12(2)18-17(21)14-9-6-10-15(14)19-16(20)11-13-7-4-3-5-8-13/h3-5,7-8,12,14-15H,6,9-11H2,1-2H3,(H,18,21)(H,19,20). The van der Waals surface area contributed by atoms with E-state index in [4.69, 9.17) is 0 Å². The molecular weight excluding hydrogens is 264 g/mol. The number of carbonyl (C=O) groups excluding carboxylic acids is 2. The fraction of sp³-hybridized carbons (Fsp3) is 0.529. The lowest BCUT2D eigenvalue weighted by molar-refractivity contribution is -0.126. The molecule has 1 saturated carbocycles. The van der Waals surface area contributed by atoms with E-state index >= 15 is 0 Å². The first-order valence-electron chi connectivity index (χ1n) is 7.70. The van der Waals surface area contributed by atoms with Crippen LogP contribution in [0, 0.1) is 5.92 Å². The second-order valence-corrected chi connectivity index (χ2v) is 6.04. The Bertz CT molecular complexity index is 485. The van der Waals surface area contributed by atoms with Gasteiger partial charge in [0.15, 0.2) is 0 Å². The molecule has 2 unspecified atom stereocenters. The van der Waals surface area contributed by atoms with Gasteiger partial charge < -0.3 is 10.6 Å². The summed E-state index contributed by atoms with van der Waals surface area (Å²) in [6, 6.07) is 9.78. The van der Waals surface area contributed by atoms with Gasteiger partial charge in [0.25, 0.3) is 0 Å². The molecule has 4 nitrogen and oxygen atoms in total. The number of hydrogen-bond donors (Lipinski definition) is 2. The monoisotopic (exact) mass is 288 g/mol. The zero-order valence-corrected chi connectivity index (χ0v) is 12.8. The van der Waals surface area contributed by atoms with Crippen molar-refractivity contribution in [3.05, 3.63) is 35.9 Å². The SMILES string of the molecule is CC(C)NC(=O)C1CCCC1NC(=O)Cc1ccccc1. The molecule has 0 spiro atoms. The lowest BCUT2D eigenvalue weighted by atomic mass is 10.0. The van der Waals surface area contributed by atoms with Crippen LogP contribution >= 0.6 is 0 Å². The van der Waals surface area contributed by atoms with Gasteiger partial charge in [-0.15, -0.1) is 0 Å². The molecule has 114 valence electrons. The first-order valence-corrected chi connectivity index (χ1v) is 7.70. The molecular formula is C17H24N2O2. The van der Waals surface area contributed by atoms with Crippen molar-refractivity contribution in [1.29, 1.82) is 0 Å². The van der Waals surface area contributed by atoms with Crippen molar-refractivity contribution in [3.8, 4) is 0 Å². The summed E-state index contributed by atoms with van der Waals surface area (Å²) in [5.74, 6) is -0.0323. The van der Waals surface area contributed by atoms with Crippen molar-refractivity contribution in [2.45, 2.75) is 51.6 Å². The average Bonchev–Trinajstić information content (AvgIpc) is 2.87. The number of amides is 2. The molecule has 0 aliphatic heterocycles. The Morgan fingerprint density at radius 1 is 1.19 bits per heavy atom. The number of benzene rings is 1. The molecule has 0 aromatic heterocycles. The van der Waals surface area contributed by atoms with Crippen LogP contribution in [0.5, 0.6) is 0 Å². The molecule has 0 radical (unpaired) electrons. The fourth-order valence-corrected chi connectivity index (χ4v) is 2.88. The van der Waals surface area contributed by atoms with Gasteiger partial charge in [0.05, 0.1) is 12.3 Å². The van der Waals surface area contributed by atoms with Gasteiger partial charge in [0, 0.05) is 12.1 Å². The summed E-state index contributed by atoms with van der Waals surface area (Å²) in [6.07, 6.45) is 3.11. The van der Waals surface area contributed by atoms with Gasteiger partial charge in [-0.2, -0.15) is 0 Å². The lowest BCUT2D eigenvalue weighted by Gasteiger charge is -2.21. The van der Waals surface area contributed by atoms with Crippen LogP contribution in [0.3, 0.4) is 0 Å². The molecule has 0 heterocycles. The molecule has 0 saturated heterocycles. The maximum Gasteiger partial charge on any atom is 0.225 e. The normalized spacial score (nSPS) is 21.3. The van der Waals surface area contributed by atoms with Crippen LogP contribution in [-0.4, -0.2) is 23.9 Å². The summed E-state index contributed by atoms with van der Waals surface area (Å²) in [6.45, 7) is 3.91. The first kappa shape index (κ1) is 15.5. The van der Waals surface area contributed by atoms with E-state index < -0.39 is 0 Å². The van der Waals surface area contributed by atoms with E-state index in [2.05, 4.69) is 10.6 Å². The number of rotatable bonds is 5. The third-order valence-electron chi connectivity index (χ3n) is 3.84. The van der Waals surface area contributed by atoms with Crippen LogP contribution < -0.4 is 10.6 Å². The van der Waals surface area contributed by atoms with Crippen LogP contribution in [0.1, 0.15) is 38.7 Å². The largest absolute Gasteiger partial charge is 0.354 e. The Morgan fingerprint density at radius 2 is 1.90 bits per heavy atom. The summed E-state index contributed by atoms with van der Waals surface area (Å²) >= 11 is 0. The second-order valence-electron chi connectivity index (χ2n) is 6.04. The summed E-state index contributed by atoms with van der Waals surface area (Å²) < 4.78 is 0. The minimum Gasteiger partial charge on any atom is -0.354 e. The van der Waals surface area contributed by atoms with Gasteiger partial charge in [0.1, 0.15) is 0 Å². The highest BCUT2D eigenvalue weighted by Gasteiger charge is 2.33. The quantitative estimate of drug-likeness (QED) is 0.871. The number of carbonyl (C=O) groups is 2. The van der Waals surface area contributed by atoms with Crippen molar-refractivity contribution in [3.63, 3.8) is 0 Å². The Balaban J connectivity index is 1.89. The summed E-state index contributed by atoms with van der Waals surface area (Å²) in [4.78, 5) is 24.3. The van der Waals surface area contributed by atoms with Gasteiger partial charge in [-0.25, -0.2) is 0 Å². The molecule has 1 aromatic rings. The number of hydrogen-bond acceptors (Lipinski definition) is 2. The van der Waals surface area contributed by atoms with Crippen LogP contribution in [0.25, 0.3) is 0 Å². The van der Waals surface area contributed by atoms with E-state index in [1.807, 2.05) is 44.2 Å². The van der Waals surface area contributed by atoms with Gasteiger partial charge in [-0.05, 0) is 32.3 Å². The van der Waals surface area contributed by atoms with Crippen molar-refractivity contribution in [2.75, 3.05) is 0 Å². The molecule has 2 N–H and O–H groups in total. The molecule has 21 heavy (non-hydrogen) atoms. The van der Waals surface area contributed by atoms with E-state index in [-0.39, 0.29) is 29.8 Å². The van der Waals surface area contributed by atoms with E-state index in [1.54, 1.807) is 0 Å². The maximum atomic E-state index is 12.1. The fourth-order valence-electron chi connectivity index (χ4n) is 2.88. The topological polar surface area (TPSA) is 58.2 Å². The summed E-state index contributed by atoms with van der Waals surface area (Å²) in [7, 11) is 0. The Morgan fingerprint density at radius 3 is 2.57 bits per heavy atom. The lowest BCUT2D eigenvalue weighted by Crippen LogP contribution is -2.45.